The fourth-order valence-electron chi connectivity index (χ4n) is 6.09. The van der Waals surface area contributed by atoms with E-state index in [9.17, 15) is 14.4 Å². The zero-order valence-electron chi connectivity index (χ0n) is 31.6. The normalized spacial score (nSPS) is 11.9. The average molecular weight is 712 g/mol. The summed E-state index contributed by atoms with van der Waals surface area (Å²) in [5, 5.41) is 3.74. The Morgan fingerprint density at radius 3 is 2.21 bits per heavy atom. The molecule has 0 saturated heterocycles. The number of aromatic nitrogens is 4. The molecule has 0 aliphatic carbocycles. The maximum Gasteiger partial charge on any atom is 0.407 e. The molecule has 0 aliphatic heterocycles. The van der Waals surface area contributed by atoms with Gasteiger partial charge in [0.25, 0.3) is 0 Å². The number of nitrogens with zero attached hydrogens (tertiary/aromatic N) is 4. The van der Waals surface area contributed by atoms with Gasteiger partial charge in [-0.1, -0.05) is 31.0 Å². The first-order valence-corrected chi connectivity index (χ1v) is 17.5. The molecule has 0 radical (unpaired) electrons. The van der Waals surface area contributed by atoms with E-state index in [1.54, 1.807) is 25.3 Å². The van der Waals surface area contributed by atoms with Crippen molar-refractivity contribution in [3.8, 4) is 28.5 Å². The number of aryl methyl sites for hydroxylation is 2. The van der Waals surface area contributed by atoms with E-state index in [0.717, 1.165) is 47.9 Å². The van der Waals surface area contributed by atoms with Crippen LogP contribution in [0.3, 0.4) is 0 Å². The third kappa shape index (κ3) is 8.72. The Kier molecular flexibility index (Phi) is 11.3. The lowest BCUT2D eigenvalue weighted by molar-refractivity contribution is 0.00698. The molecule has 0 bridgehead atoms. The number of rotatable bonds is 12. The summed E-state index contributed by atoms with van der Waals surface area (Å²) in [5.41, 5.74) is 3.81. The summed E-state index contributed by atoms with van der Waals surface area (Å²) in [6.07, 6.45) is 3.06. The molecule has 2 aromatic carbocycles. The quantitative estimate of drug-likeness (QED) is 0.0774. The van der Waals surface area contributed by atoms with Gasteiger partial charge < -0.3 is 33.4 Å². The van der Waals surface area contributed by atoms with Crippen molar-refractivity contribution in [2.24, 2.45) is 7.05 Å². The number of amides is 1. The van der Waals surface area contributed by atoms with Crippen LogP contribution in [0.1, 0.15) is 87.9 Å². The van der Waals surface area contributed by atoms with Gasteiger partial charge in [-0.15, -0.1) is 0 Å². The summed E-state index contributed by atoms with van der Waals surface area (Å²) in [7, 11) is 4.82. The molecule has 0 atom stereocenters. The van der Waals surface area contributed by atoms with Gasteiger partial charge in [-0.05, 0) is 90.8 Å². The second-order valence-corrected chi connectivity index (χ2v) is 14.7. The van der Waals surface area contributed by atoms with Crippen LogP contribution in [0.4, 0.5) is 4.79 Å². The lowest BCUT2D eigenvalue weighted by Crippen LogP contribution is -2.32. The van der Waals surface area contributed by atoms with Crippen molar-refractivity contribution >= 4 is 40.1 Å². The van der Waals surface area contributed by atoms with Crippen LogP contribution >= 0.6 is 0 Å². The standard InChI is InChI=1S/C40H49N5O7/c1-39(2,3)51-37(47)28-17-13-12-16-27(28)29-19-18-25-23-31(35-43-30-22-26(36(46)50-9)24-32(49-8)33(30)44(35)7)45(34(25)42-29)21-15-11-10-14-20-41-38(48)52-40(4,5)6/h12-13,16-19,22-24H,10-11,14-15,20-21H2,1-9H3,(H,41,48). The molecule has 3 aromatic heterocycles. The highest BCUT2D eigenvalue weighted by molar-refractivity contribution is 5.99. The number of unbranched alkanes of at least 4 members (excludes halogenated alkanes) is 3. The number of pyridine rings is 1. The number of alkyl carbamates (subject to hydrolysis) is 1. The van der Waals surface area contributed by atoms with Gasteiger partial charge in [-0.2, -0.15) is 0 Å². The molecular formula is C40H49N5O7. The SMILES string of the molecule is COC(=O)c1cc(OC)c2c(c1)nc(-c1cc3ccc(-c4ccccc4C(=O)OC(C)(C)C)nc3n1CCCCCCNC(=O)OC(C)(C)C)n2C. The molecule has 5 aromatic rings. The van der Waals surface area contributed by atoms with Crippen LogP contribution in [-0.2, 0) is 27.8 Å². The molecule has 12 heteroatoms. The van der Waals surface area contributed by atoms with Crippen LogP contribution in [0.2, 0.25) is 0 Å². The van der Waals surface area contributed by atoms with E-state index < -0.39 is 29.2 Å². The molecule has 52 heavy (non-hydrogen) atoms. The molecule has 12 nitrogen and oxygen atoms in total. The van der Waals surface area contributed by atoms with Crippen LogP contribution < -0.4 is 10.1 Å². The molecule has 1 amide bonds. The van der Waals surface area contributed by atoms with Crippen molar-refractivity contribution in [2.45, 2.75) is 85.0 Å². The summed E-state index contributed by atoms with van der Waals surface area (Å²) >= 11 is 0. The number of imidazole rings is 1. The Morgan fingerprint density at radius 1 is 0.808 bits per heavy atom. The molecule has 0 spiro atoms. The number of nitrogens with one attached hydrogen (secondary N) is 1. The number of benzene rings is 2. The van der Waals surface area contributed by atoms with Gasteiger partial charge in [-0.25, -0.2) is 24.4 Å². The first kappa shape index (κ1) is 37.9. The number of hydrogen-bond donors (Lipinski definition) is 1. The van der Waals surface area contributed by atoms with E-state index in [4.69, 9.17) is 28.9 Å². The van der Waals surface area contributed by atoms with Crippen LogP contribution in [0.15, 0.2) is 54.6 Å². The third-order valence-corrected chi connectivity index (χ3v) is 8.35. The Bertz CT molecular complexity index is 2100. The van der Waals surface area contributed by atoms with Gasteiger partial charge in [0, 0.05) is 31.1 Å². The summed E-state index contributed by atoms with van der Waals surface area (Å²) in [5.74, 6) is 0.278. The number of hydrogen-bond acceptors (Lipinski definition) is 9. The van der Waals surface area contributed by atoms with E-state index >= 15 is 0 Å². The molecule has 276 valence electrons. The zero-order valence-corrected chi connectivity index (χ0v) is 31.6. The number of carbonyl (C=O) groups excluding carboxylic acids is 3. The Balaban J connectivity index is 1.51. The molecule has 3 heterocycles. The second kappa shape index (κ2) is 15.5. The van der Waals surface area contributed by atoms with Crippen molar-refractivity contribution < 1.29 is 33.3 Å². The molecule has 0 saturated carbocycles. The van der Waals surface area contributed by atoms with Crippen LogP contribution in [0, 0.1) is 0 Å². The lowest BCUT2D eigenvalue weighted by Gasteiger charge is -2.20. The Morgan fingerprint density at radius 2 is 1.52 bits per heavy atom. The third-order valence-electron chi connectivity index (χ3n) is 8.35. The molecule has 1 N–H and O–H groups in total. The van der Waals surface area contributed by atoms with Crippen LogP contribution in [0.25, 0.3) is 44.8 Å². The first-order chi connectivity index (χ1) is 24.6. The molecule has 0 fully saturated rings. The maximum atomic E-state index is 13.2. The monoisotopic (exact) mass is 711 g/mol. The molecule has 0 unspecified atom stereocenters. The highest BCUT2D eigenvalue weighted by Crippen LogP contribution is 2.35. The van der Waals surface area contributed by atoms with Gasteiger partial charge in [-0.3, -0.25) is 0 Å². The van der Waals surface area contributed by atoms with Gasteiger partial charge in [0.1, 0.15) is 28.1 Å². The predicted octanol–water partition coefficient (Wildman–Crippen LogP) is 8.09. The number of fused-ring (bicyclic) bond motifs is 2. The molecular weight excluding hydrogens is 662 g/mol. The Labute approximate surface area is 304 Å². The lowest BCUT2D eigenvalue weighted by atomic mass is 10.0. The minimum Gasteiger partial charge on any atom is -0.494 e. The predicted molar refractivity (Wildman–Crippen MR) is 201 cm³/mol. The fraction of sp³-hybridized carbons (Fsp3) is 0.425. The topological polar surface area (TPSA) is 136 Å². The van der Waals surface area contributed by atoms with Gasteiger partial charge >= 0.3 is 18.0 Å². The number of ether oxygens (including phenoxy) is 4. The van der Waals surface area contributed by atoms with Crippen molar-refractivity contribution in [3.63, 3.8) is 0 Å². The Hall–Kier alpha value is -5.39. The van der Waals surface area contributed by atoms with Crippen molar-refractivity contribution in [2.75, 3.05) is 20.8 Å². The first-order valence-electron chi connectivity index (χ1n) is 17.5. The van der Waals surface area contributed by atoms with Crippen LogP contribution in [0.5, 0.6) is 5.75 Å². The van der Waals surface area contributed by atoms with Gasteiger partial charge in [0.15, 0.2) is 5.82 Å². The summed E-state index contributed by atoms with van der Waals surface area (Å²) in [6, 6.07) is 16.7. The summed E-state index contributed by atoms with van der Waals surface area (Å²) in [4.78, 5) is 47.9. The van der Waals surface area contributed by atoms with Gasteiger partial charge in [0.2, 0.25) is 0 Å². The van der Waals surface area contributed by atoms with E-state index in [0.29, 0.717) is 52.6 Å². The minimum atomic E-state index is -0.650. The van der Waals surface area contributed by atoms with E-state index in [2.05, 4.69) is 16.0 Å². The van der Waals surface area contributed by atoms with Crippen LogP contribution in [-0.4, -0.2) is 69.1 Å². The smallest absolute Gasteiger partial charge is 0.407 e. The molecule has 5 rings (SSSR count). The van der Waals surface area contributed by atoms with E-state index in [-0.39, 0.29) is 0 Å². The van der Waals surface area contributed by atoms with Crippen molar-refractivity contribution in [3.05, 3.63) is 65.7 Å². The highest BCUT2D eigenvalue weighted by Gasteiger charge is 2.24. The fourth-order valence-corrected chi connectivity index (χ4v) is 6.09. The summed E-state index contributed by atoms with van der Waals surface area (Å²) in [6.45, 7) is 12.2. The largest absolute Gasteiger partial charge is 0.494 e. The molecule has 0 aliphatic rings. The summed E-state index contributed by atoms with van der Waals surface area (Å²) < 4.78 is 25.8. The van der Waals surface area contributed by atoms with Crippen molar-refractivity contribution in [1.82, 2.24) is 24.4 Å². The highest BCUT2D eigenvalue weighted by atomic mass is 16.6. The second-order valence-electron chi connectivity index (χ2n) is 14.7. The number of methoxy groups -OCH3 is 2. The maximum absolute atomic E-state index is 13.2. The zero-order chi connectivity index (χ0) is 37.8. The average Bonchev–Trinajstić information content (AvgIpc) is 3.61. The number of esters is 2. The number of carbonyl (C=O) groups is 3. The van der Waals surface area contributed by atoms with Crippen molar-refractivity contribution in [1.29, 1.82) is 0 Å². The van der Waals surface area contributed by atoms with E-state index in [1.165, 1.54) is 7.11 Å². The minimum absolute atomic E-state index is 0.341. The van der Waals surface area contributed by atoms with E-state index in [1.807, 2.05) is 83.5 Å². The van der Waals surface area contributed by atoms with Gasteiger partial charge in [0.05, 0.1) is 42.3 Å².